The molecule has 1 aromatic heterocycles. The number of nitrogens with zero attached hydrogens (tertiary/aromatic N) is 1. The third kappa shape index (κ3) is 2.88. The number of benzene rings is 1. The molecule has 114 valence electrons. The number of aromatic amines is 1. The lowest BCUT2D eigenvalue weighted by Crippen LogP contribution is -2.51. The summed E-state index contributed by atoms with van der Waals surface area (Å²) in [6.07, 6.45) is 0.154. The highest BCUT2D eigenvalue weighted by Crippen LogP contribution is 2.25. The zero-order valence-electron chi connectivity index (χ0n) is 11.9. The minimum absolute atomic E-state index is 0.0605. The molecule has 1 amide bonds. The number of rotatable bonds is 5. The maximum Gasteiger partial charge on any atom is 0.334 e. The number of nitrogens with one attached hydrogen (secondary N) is 2. The van der Waals surface area contributed by atoms with Crippen molar-refractivity contribution in [3.05, 3.63) is 64.1 Å². The van der Waals surface area contributed by atoms with Crippen molar-refractivity contribution in [3.63, 3.8) is 0 Å². The molecule has 0 aliphatic carbocycles. The van der Waals surface area contributed by atoms with Gasteiger partial charge in [0, 0.05) is 6.07 Å². The molecular formula is C15H15N3O4. The summed E-state index contributed by atoms with van der Waals surface area (Å²) in [4.78, 5) is 35.0. The maximum absolute atomic E-state index is 12.2. The zero-order chi connectivity index (χ0) is 16.2. The van der Waals surface area contributed by atoms with Gasteiger partial charge in [-0.2, -0.15) is 5.10 Å². The Labute approximate surface area is 126 Å². The number of hydrogen-bond acceptors (Lipinski definition) is 4. The molecule has 0 saturated carbocycles. The fourth-order valence-electron chi connectivity index (χ4n) is 2.14. The van der Waals surface area contributed by atoms with E-state index < -0.39 is 23.0 Å². The van der Waals surface area contributed by atoms with E-state index in [9.17, 15) is 19.5 Å². The van der Waals surface area contributed by atoms with Gasteiger partial charge in [-0.3, -0.25) is 9.59 Å². The lowest BCUT2D eigenvalue weighted by Gasteiger charge is -2.29. The van der Waals surface area contributed by atoms with Gasteiger partial charge in [0.1, 0.15) is 5.69 Å². The van der Waals surface area contributed by atoms with Crippen molar-refractivity contribution in [3.8, 4) is 0 Å². The van der Waals surface area contributed by atoms with Gasteiger partial charge in [-0.1, -0.05) is 37.3 Å². The first-order valence-corrected chi connectivity index (χ1v) is 6.67. The van der Waals surface area contributed by atoms with Crippen LogP contribution in [-0.4, -0.2) is 27.2 Å². The minimum Gasteiger partial charge on any atom is -0.479 e. The summed E-state index contributed by atoms with van der Waals surface area (Å²) < 4.78 is 0. The van der Waals surface area contributed by atoms with Crippen LogP contribution in [-0.2, 0) is 10.3 Å². The van der Waals surface area contributed by atoms with Gasteiger partial charge in [0.05, 0.1) is 0 Å². The van der Waals surface area contributed by atoms with Crippen molar-refractivity contribution in [1.29, 1.82) is 0 Å². The Morgan fingerprint density at radius 1 is 1.23 bits per heavy atom. The molecule has 22 heavy (non-hydrogen) atoms. The van der Waals surface area contributed by atoms with Crippen LogP contribution in [0.3, 0.4) is 0 Å². The normalized spacial score (nSPS) is 13.1. The summed E-state index contributed by atoms with van der Waals surface area (Å²) in [5, 5.41) is 17.9. The average Bonchev–Trinajstić information content (AvgIpc) is 2.53. The van der Waals surface area contributed by atoms with Crippen molar-refractivity contribution >= 4 is 11.9 Å². The van der Waals surface area contributed by atoms with Crippen LogP contribution in [0.4, 0.5) is 0 Å². The molecule has 0 radical (unpaired) electrons. The lowest BCUT2D eigenvalue weighted by atomic mass is 9.87. The smallest absolute Gasteiger partial charge is 0.334 e. The molecule has 0 bridgehead atoms. The van der Waals surface area contributed by atoms with Gasteiger partial charge in [0.25, 0.3) is 11.5 Å². The first-order chi connectivity index (χ1) is 10.5. The Morgan fingerprint density at radius 2 is 1.91 bits per heavy atom. The molecule has 3 N–H and O–H groups in total. The summed E-state index contributed by atoms with van der Waals surface area (Å²) >= 11 is 0. The van der Waals surface area contributed by atoms with E-state index in [0.29, 0.717) is 5.56 Å². The van der Waals surface area contributed by atoms with Gasteiger partial charge >= 0.3 is 5.97 Å². The third-order valence-electron chi connectivity index (χ3n) is 3.40. The fourth-order valence-corrected chi connectivity index (χ4v) is 2.14. The van der Waals surface area contributed by atoms with E-state index in [1.54, 1.807) is 37.3 Å². The summed E-state index contributed by atoms with van der Waals surface area (Å²) in [6, 6.07) is 10.8. The highest BCUT2D eigenvalue weighted by Gasteiger charge is 2.40. The first kappa shape index (κ1) is 15.4. The van der Waals surface area contributed by atoms with Gasteiger partial charge in [-0.15, -0.1) is 0 Å². The van der Waals surface area contributed by atoms with Gasteiger partial charge in [-0.05, 0) is 18.1 Å². The van der Waals surface area contributed by atoms with E-state index in [-0.39, 0.29) is 12.1 Å². The van der Waals surface area contributed by atoms with Crippen molar-refractivity contribution in [2.24, 2.45) is 0 Å². The minimum atomic E-state index is -1.56. The number of carbonyl (C=O) groups excluding carboxylic acids is 1. The van der Waals surface area contributed by atoms with Crippen molar-refractivity contribution in [1.82, 2.24) is 15.5 Å². The second kappa shape index (κ2) is 6.21. The summed E-state index contributed by atoms with van der Waals surface area (Å²) in [5.74, 6) is -1.84. The van der Waals surface area contributed by atoms with Gasteiger partial charge < -0.3 is 10.4 Å². The van der Waals surface area contributed by atoms with Crippen LogP contribution in [0, 0.1) is 0 Å². The second-order valence-electron chi connectivity index (χ2n) is 4.69. The summed E-state index contributed by atoms with van der Waals surface area (Å²) in [6.45, 7) is 1.67. The predicted molar refractivity (Wildman–Crippen MR) is 78.4 cm³/mol. The average molecular weight is 301 g/mol. The number of carboxylic acids is 1. The molecule has 0 aliphatic rings. The van der Waals surface area contributed by atoms with E-state index in [0.717, 1.165) is 6.07 Å². The second-order valence-corrected chi connectivity index (χ2v) is 4.69. The molecule has 0 saturated heterocycles. The van der Waals surface area contributed by atoms with E-state index >= 15 is 0 Å². The molecule has 0 spiro atoms. The Balaban J connectivity index is 2.39. The third-order valence-corrected chi connectivity index (χ3v) is 3.40. The van der Waals surface area contributed by atoms with Crippen molar-refractivity contribution in [2.75, 3.05) is 0 Å². The topological polar surface area (TPSA) is 112 Å². The molecule has 1 atom stereocenters. The Morgan fingerprint density at radius 3 is 2.41 bits per heavy atom. The molecule has 2 rings (SSSR count). The number of aromatic nitrogens is 2. The van der Waals surface area contributed by atoms with Crippen LogP contribution < -0.4 is 10.9 Å². The molecule has 1 aromatic carbocycles. The number of amides is 1. The summed E-state index contributed by atoms with van der Waals surface area (Å²) in [5.41, 5.74) is -1.60. The van der Waals surface area contributed by atoms with E-state index in [1.807, 2.05) is 0 Å². The first-order valence-electron chi connectivity index (χ1n) is 6.67. The molecule has 2 aromatic rings. The van der Waals surface area contributed by atoms with Crippen LogP contribution in [0.1, 0.15) is 29.4 Å². The molecule has 7 heteroatoms. The van der Waals surface area contributed by atoms with Crippen LogP contribution >= 0.6 is 0 Å². The quantitative estimate of drug-likeness (QED) is 0.759. The molecule has 0 aliphatic heterocycles. The Hall–Kier alpha value is -2.96. The number of H-pyrrole nitrogens is 1. The Kier molecular flexibility index (Phi) is 4.36. The van der Waals surface area contributed by atoms with E-state index in [1.165, 1.54) is 6.07 Å². The number of carbonyl (C=O) groups is 2. The lowest BCUT2D eigenvalue weighted by molar-refractivity contribution is -0.145. The van der Waals surface area contributed by atoms with Crippen LogP contribution in [0.25, 0.3) is 0 Å². The molecule has 1 heterocycles. The van der Waals surface area contributed by atoms with Crippen LogP contribution in [0.2, 0.25) is 0 Å². The highest BCUT2D eigenvalue weighted by molar-refractivity contribution is 5.96. The zero-order valence-corrected chi connectivity index (χ0v) is 11.9. The van der Waals surface area contributed by atoms with E-state index in [2.05, 4.69) is 15.5 Å². The van der Waals surface area contributed by atoms with Crippen LogP contribution in [0.5, 0.6) is 0 Å². The van der Waals surface area contributed by atoms with Crippen molar-refractivity contribution in [2.45, 2.75) is 18.9 Å². The highest BCUT2D eigenvalue weighted by atomic mass is 16.4. The molecular weight excluding hydrogens is 286 g/mol. The van der Waals surface area contributed by atoms with Crippen molar-refractivity contribution < 1.29 is 14.7 Å². The largest absolute Gasteiger partial charge is 0.479 e. The monoisotopic (exact) mass is 301 g/mol. The van der Waals surface area contributed by atoms with Gasteiger partial charge in [-0.25, -0.2) is 9.89 Å². The predicted octanol–water partition coefficient (Wildman–Crippen LogP) is 0.890. The Bertz CT molecular complexity index is 721. The number of carboxylic acid groups (broad SMARTS) is 1. The fraction of sp³-hybridized carbons (Fsp3) is 0.200. The van der Waals surface area contributed by atoms with Gasteiger partial charge in [0.15, 0.2) is 5.54 Å². The standard InChI is InChI=1S/C15H15N3O4/c1-2-15(14(21)22,10-6-4-3-5-7-10)16-13(20)11-8-9-12(19)18-17-11/h3-9H,2H2,1H3,(H,16,20)(H,18,19)(H,21,22). The molecule has 1 unspecified atom stereocenters. The number of hydrogen-bond donors (Lipinski definition) is 3. The van der Waals surface area contributed by atoms with Crippen LogP contribution in [0.15, 0.2) is 47.3 Å². The SMILES string of the molecule is CCC(NC(=O)c1ccc(=O)[nH]n1)(C(=O)O)c1ccccc1. The molecule has 0 fully saturated rings. The van der Waals surface area contributed by atoms with E-state index in [4.69, 9.17) is 0 Å². The maximum atomic E-state index is 12.2. The molecule has 7 nitrogen and oxygen atoms in total. The number of aliphatic carboxylic acids is 1. The van der Waals surface area contributed by atoms with Gasteiger partial charge in [0.2, 0.25) is 0 Å². The summed E-state index contributed by atoms with van der Waals surface area (Å²) in [7, 11) is 0.